The number of aryl methyl sites for hydroxylation is 1. The van der Waals surface area contributed by atoms with Crippen LogP contribution < -0.4 is 5.32 Å². The first-order valence-corrected chi connectivity index (χ1v) is 7.05. The summed E-state index contributed by atoms with van der Waals surface area (Å²) in [6.07, 6.45) is 1.60. The molecule has 0 aliphatic carbocycles. The van der Waals surface area contributed by atoms with E-state index in [9.17, 15) is 4.79 Å². The molecule has 2 aromatic heterocycles. The van der Waals surface area contributed by atoms with E-state index in [-0.39, 0.29) is 5.91 Å². The van der Waals surface area contributed by atoms with E-state index in [4.69, 9.17) is 0 Å². The zero-order valence-corrected chi connectivity index (χ0v) is 10.9. The number of thioether (sulfide) groups is 1. The van der Waals surface area contributed by atoms with Crippen LogP contribution in [0.5, 0.6) is 0 Å². The number of thiazole rings is 1. The number of H-pyrrole nitrogens is 1. The molecule has 0 saturated carbocycles. The Hall–Kier alpha value is -1.34. The average molecular weight is 268 g/mol. The third-order valence-electron chi connectivity index (χ3n) is 1.92. The highest BCUT2D eigenvalue weighted by Gasteiger charge is 2.04. The second kappa shape index (κ2) is 5.83. The van der Waals surface area contributed by atoms with Gasteiger partial charge in [0.15, 0.2) is 0 Å². The summed E-state index contributed by atoms with van der Waals surface area (Å²) in [5, 5.41) is 12.2. The zero-order chi connectivity index (χ0) is 12.1. The molecular weight excluding hydrogens is 256 g/mol. The van der Waals surface area contributed by atoms with Gasteiger partial charge in [0.1, 0.15) is 5.82 Å². The van der Waals surface area contributed by atoms with Crippen LogP contribution in [0.25, 0.3) is 0 Å². The van der Waals surface area contributed by atoms with Crippen LogP contribution >= 0.6 is 23.1 Å². The number of carbonyl (C=O) groups is 1. The minimum atomic E-state index is -0.0359. The minimum Gasteiger partial charge on any atom is -0.310 e. The Morgan fingerprint density at radius 1 is 1.65 bits per heavy atom. The van der Waals surface area contributed by atoms with Crippen LogP contribution in [0.3, 0.4) is 0 Å². The quantitative estimate of drug-likeness (QED) is 0.870. The highest BCUT2D eigenvalue weighted by Crippen LogP contribution is 2.15. The van der Waals surface area contributed by atoms with Crippen molar-refractivity contribution in [2.75, 3.05) is 11.1 Å². The molecule has 0 aliphatic heterocycles. The van der Waals surface area contributed by atoms with Gasteiger partial charge >= 0.3 is 0 Å². The Morgan fingerprint density at radius 2 is 2.53 bits per heavy atom. The number of aromatic nitrogens is 3. The van der Waals surface area contributed by atoms with Crippen LogP contribution in [0.1, 0.15) is 10.7 Å². The van der Waals surface area contributed by atoms with Crippen LogP contribution in [-0.4, -0.2) is 26.8 Å². The number of nitrogens with zero attached hydrogens (tertiary/aromatic N) is 2. The van der Waals surface area contributed by atoms with E-state index < -0.39 is 0 Å². The number of hydrogen-bond acceptors (Lipinski definition) is 5. The standard InChI is InChI=1S/C10H12N4OS2/c1-7-12-8(5-17-7)4-16-6-10(15)13-9-2-3-11-14-9/h2-3,5H,4,6H2,1H3,(H2,11,13,14,15). The number of hydrogen-bond donors (Lipinski definition) is 2. The van der Waals surface area contributed by atoms with Gasteiger partial charge < -0.3 is 5.32 Å². The van der Waals surface area contributed by atoms with E-state index in [2.05, 4.69) is 20.5 Å². The van der Waals surface area contributed by atoms with Crippen molar-refractivity contribution in [2.24, 2.45) is 0 Å². The molecule has 0 radical (unpaired) electrons. The van der Waals surface area contributed by atoms with Gasteiger partial charge in [0.2, 0.25) is 5.91 Å². The zero-order valence-electron chi connectivity index (χ0n) is 9.27. The third kappa shape index (κ3) is 3.86. The smallest absolute Gasteiger partial charge is 0.235 e. The number of anilines is 1. The summed E-state index contributed by atoms with van der Waals surface area (Å²) in [5.41, 5.74) is 1.03. The first-order chi connectivity index (χ1) is 8.24. The molecule has 2 aromatic rings. The molecule has 0 saturated heterocycles. The van der Waals surface area contributed by atoms with E-state index in [1.54, 1.807) is 35.4 Å². The molecule has 17 heavy (non-hydrogen) atoms. The van der Waals surface area contributed by atoms with Gasteiger partial charge in [0.05, 0.1) is 22.7 Å². The molecule has 0 aliphatic rings. The molecule has 2 N–H and O–H groups in total. The lowest BCUT2D eigenvalue weighted by Gasteiger charge is -2.01. The van der Waals surface area contributed by atoms with Gasteiger partial charge in [-0.25, -0.2) is 4.98 Å². The number of carbonyl (C=O) groups excluding carboxylic acids is 1. The normalized spacial score (nSPS) is 10.4. The highest BCUT2D eigenvalue weighted by atomic mass is 32.2. The molecule has 0 spiro atoms. The number of nitrogens with one attached hydrogen (secondary N) is 2. The van der Waals surface area contributed by atoms with E-state index in [1.807, 2.05) is 12.3 Å². The Bertz CT molecular complexity index is 480. The topological polar surface area (TPSA) is 70.7 Å². The molecule has 0 unspecified atom stereocenters. The Morgan fingerprint density at radius 3 is 3.18 bits per heavy atom. The highest BCUT2D eigenvalue weighted by molar-refractivity contribution is 7.99. The maximum Gasteiger partial charge on any atom is 0.235 e. The maximum atomic E-state index is 11.5. The maximum absolute atomic E-state index is 11.5. The van der Waals surface area contributed by atoms with Crippen molar-refractivity contribution in [1.29, 1.82) is 0 Å². The van der Waals surface area contributed by atoms with Crippen molar-refractivity contribution in [1.82, 2.24) is 15.2 Å². The predicted molar refractivity (Wildman–Crippen MR) is 70.2 cm³/mol. The average Bonchev–Trinajstić information content (AvgIpc) is 2.90. The summed E-state index contributed by atoms with van der Waals surface area (Å²) in [7, 11) is 0. The molecule has 90 valence electrons. The molecule has 0 atom stereocenters. The summed E-state index contributed by atoms with van der Waals surface area (Å²) in [6.45, 7) is 1.98. The van der Waals surface area contributed by atoms with Crippen LogP contribution in [0, 0.1) is 6.92 Å². The van der Waals surface area contributed by atoms with Gasteiger partial charge in [-0.05, 0) is 6.92 Å². The minimum absolute atomic E-state index is 0.0359. The van der Waals surface area contributed by atoms with Crippen molar-refractivity contribution >= 4 is 34.8 Å². The van der Waals surface area contributed by atoms with E-state index >= 15 is 0 Å². The molecule has 0 bridgehead atoms. The van der Waals surface area contributed by atoms with Crippen molar-refractivity contribution in [3.8, 4) is 0 Å². The molecule has 7 heteroatoms. The molecule has 0 aromatic carbocycles. The van der Waals surface area contributed by atoms with E-state index in [0.717, 1.165) is 16.5 Å². The van der Waals surface area contributed by atoms with Crippen LogP contribution in [0.2, 0.25) is 0 Å². The largest absolute Gasteiger partial charge is 0.310 e. The fourth-order valence-corrected chi connectivity index (χ4v) is 2.67. The van der Waals surface area contributed by atoms with E-state index in [0.29, 0.717) is 11.6 Å². The lowest BCUT2D eigenvalue weighted by Crippen LogP contribution is -2.14. The van der Waals surface area contributed by atoms with Crippen molar-refractivity contribution in [3.63, 3.8) is 0 Å². The molecular formula is C10H12N4OS2. The lowest BCUT2D eigenvalue weighted by molar-refractivity contribution is -0.113. The van der Waals surface area contributed by atoms with Crippen LogP contribution in [-0.2, 0) is 10.5 Å². The predicted octanol–water partition coefficient (Wildman–Crippen LogP) is 2.05. The SMILES string of the molecule is Cc1nc(CSCC(=O)Nc2ccn[nH]2)cs1. The van der Waals surface area contributed by atoms with Crippen LogP contribution in [0.4, 0.5) is 5.82 Å². The van der Waals surface area contributed by atoms with E-state index in [1.165, 1.54) is 0 Å². The Labute approximate surface area is 107 Å². The van der Waals surface area contributed by atoms with Crippen molar-refractivity contribution in [2.45, 2.75) is 12.7 Å². The number of rotatable bonds is 5. The lowest BCUT2D eigenvalue weighted by atomic mass is 10.6. The molecule has 1 amide bonds. The van der Waals surface area contributed by atoms with Gasteiger partial charge in [0, 0.05) is 17.2 Å². The second-order valence-electron chi connectivity index (χ2n) is 3.37. The number of amides is 1. The Kier molecular flexibility index (Phi) is 4.16. The first-order valence-electron chi connectivity index (χ1n) is 5.02. The van der Waals surface area contributed by atoms with Crippen molar-refractivity contribution < 1.29 is 4.79 Å². The van der Waals surface area contributed by atoms with Gasteiger partial charge in [-0.15, -0.1) is 23.1 Å². The van der Waals surface area contributed by atoms with Crippen LogP contribution in [0.15, 0.2) is 17.6 Å². The van der Waals surface area contributed by atoms with Gasteiger partial charge in [0.25, 0.3) is 0 Å². The molecule has 5 nitrogen and oxygen atoms in total. The summed E-state index contributed by atoms with van der Waals surface area (Å²) in [6, 6.07) is 1.71. The summed E-state index contributed by atoms with van der Waals surface area (Å²) in [5.74, 6) is 1.77. The molecule has 0 fully saturated rings. The fourth-order valence-electron chi connectivity index (χ4n) is 1.23. The summed E-state index contributed by atoms with van der Waals surface area (Å²) < 4.78 is 0. The van der Waals surface area contributed by atoms with Gasteiger partial charge in [-0.1, -0.05) is 0 Å². The molecule has 2 rings (SSSR count). The summed E-state index contributed by atoms with van der Waals surface area (Å²) >= 11 is 3.18. The van der Waals surface area contributed by atoms with Gasteiger partial charge in [-0.2, -0.15) is 5.10 Å². The van der Waals surface area contributed by atoms with Crippen molar-refractivity contribution in [3.05, 3.63) is 28.3 Å². The monoisotopic (exact) mass is 268 g/mol. The number of aromatic amines is 1. The molecule has 2 heterocycles. The third-order valence-corrected chi connectivity index (χ3v) is 3.71. The van der Waals surface area contributed by atoms with Gasteiger partial charge in [-0.3, -0.25) is 9.89 Å². The Balaban J connectivity index is 1.70. The fraction of sp³-hybridized carbons (Fsp3) is 0.300. The second-order valence-corrected chi connectivity index (χ2v) is 5.42. The first kappa shape index (κ1) is 12.1. The summed E-state index contributed by atoms with van der Waals surface area (Å²) in [4.78, 5) is 15.8.